The van der Waals surface area contributed by atoms with Crippen molar-refractivity contribution in [3.8, 4) is 11.4 Å². The highest BCUT2D eigenvalue weighted by Gasteiger charge is 2.23. The van der Waals surface area contributed by atoms with Gasteiger partial charge in [0.15, 0.2) is 5.82 Å². The number of aromatic nitrogens is 3. The number of hydrogen-bond donors (Lipinski definition) is 1. The first-order valence-corrected chi connectivity index (χ1v) is 6.03. The molecule has 20 heavy (non-hydrogen) atoms. The van der Waals surface area contributed by atoms with E-state index >= 15 is 0 Å². The lowest BCUT2D eigenvalue weighted by atomic mass is 10.1. The average Bonchev–Trinajstić information content (AvgIpc) is 2.81. The van der Waals surface area contributed by atoms with E-state index in [4.69, 9.17) is 5.73 Å². The van der Waals surface area contributed by atoms with Crippen LogP contribution in [0.15, 0.2) is 18.2 Å². The Morgan fingerprint density at radius 1 is 1.45 bits per heavy atom. The highest BCUT2D eigenvalue weighted by molar-refractivity contribution is 5.68. The van der Waals surface area contributed by atoms with Crippen molar-refractivity contribution in [3.63, 3.8) is 0 Å². The predicted molar refractivity (Wildman–Crippen MR) is 70.3 cm³/mol. The molecule has 2 aromatic rings. The number of rotatable bonds is 4. The maximum Gasteiger partial charge on any atom is 0.280 e. The lowest BCUT2D eigenvalue weighted by Gasteiger charge is -2.13. The molecule has 1 aromatic heterocycles. The van der Waals surface area contributed by atoms with Crippen LogP contribution in [0.3, 0.4) is 0 Å². The molecule has 0 unspecified atom stereocenters. The topological polar surface area (TPSA) is 99.9 Å². The van der Waals surface area contributed by atoms with Gasteiger partial charge in [-0.25, -0.2) is 4.39 Å². The third kappa shape index (κ3) is 2.37. The van der Waals surface area contributed by atoms with E-state index in [0.29, 0.717) is 5.82 Å². The summed E-state index contributed by atoms with van der Waals surface area (Å²) >= 11 is 0. The highest BCUT2D eigenvalue weighted by atomic mass is 19.1. The molecule has 2 N–H and O–H groups in total. The zero-order valence-electron chi connectivity index (χ0n) is 11.1. The minimum Gasteiger partial charge on any atom is -0.324 e. The molecule has 106 valence electrons. The van der Waals surface area contributed by atoms with Crippen LogP contribution in [0, 0.1) is 15.9 Å². The van der Waals surface area contributed by atoms with Gasteiger partial charge in [-0.05, 0) is 26.0 Å². The summed E-state index contributed by atoms with van der Waals surface area (Å²) in [6.07, 6.45) is 0. The van der Waals surface area contributed by atoms with Crippen molar-refractivity contribution in [3.05, 3.63) is 40.0 Å². The second kappa shape index (κ2) is 5.33. The van der Waals surface area contributed by atoms with Gasteiger partial charge in [0.05, 0.1) is 17.0 Å². The second-order valence-electron chi connectivity index (χ2n) is 4.53. The maximum atomic E-state index is 13.4. The smallest absolute Gasteiger partial charge is 0.280 e. The molecule has 8 heteroatoms. The van der Waals surface area contributed by atoms with Crippen molar-refractivity contribution in [1.29, 1.82) is 0 Å². The Balaban J connectivity index is 2.71. The molecular weight excluding hydrogens is 265 g/mol. The van der Waals surface area contributed by atoms with Crippen LogP contribution in [0.4, 0.5) is 10.1 Å². The van der Waals surface area contributed by atoms with Crippen LogP contribution in [0.5, 0.6) is 0 Å². The van der Waals surface area contributed by atoms with Gasteiger partial charge >= 0.3 is 0 Å². The zero-order chi connectivity index (χ0) is 14.9. The summed E-state index contributed by atoms with van der Waals surface area (Å²) in [6.45, 7) is 3.89. The molecular formula is C12H14FN5O2. The van der Waals surface area contributed by atoms with Crippen molar-refractivity contribution < 1.29 is 9.31 Å². The molecule has 7 nitrogen and oxygen atoms in total. The molecule has 2 rings (SSSR count). The third-order valence-electron chi connectivity index (χ3n) is 2.86. The molecule has 0 saturated carbocycles. The monoisotopic (exact) mass is 279 g/mol. The molecule has 0 bridgehead atoms. The fourth-order valence-corrected chi connectivity index (χ4v) is 2.04. The number of benzene rings is 1. The van der Waals surface area contributed by atoms with Crippen molar-refractivity contribution >= 4 is 5.69 Å². The zero-order valence-corrected chi connectivity index (χ0v) is 11.1. The van der Waals surface area contributed by atoms with Crippen LogP contribution in [0.25, 0.3) is 11.4 Å². The molecule has 1 aromatic carbocycles. The van der Waals surface area contributed by atoms with E-state index in [1.807, 2.05) is 13.8 Å². The third-order valence-corrected chi connectivity index (χ3v) is 2.86. The number of nitrogens with zero attached hydrogens (tertiary/aromatic N) is 4. The number of hydrogen-bond acceptors (Lipinski definition) is 5. The van der Waals surface area contributed by atoms with E-state index in [-0.39, 0.29) is 29.7 Å². The summed E-state index contributed by atoms with van der Waals surface area (Å²) in [7, 11) is 0. The van der Waals surface area contributed by atoms with Crippen LogP contribution >= 0.6 is 0 Å². The molecule has 0 spiro atoms. The Bertz CT molecular complexity index is 653. The van der Waals surface area contributed by atoms with E-state index in [1.165, 1.54) is 0 Å². The van der Waals surface area contributed by atoms with Crippen molar-refractivity contribution in [2.24, 2.45) is 5.73 Å². The van der Waals surface area contributed by atoms with Gasteiger partial charge in [-0.3, -0.25) is 10.1 Å². The summed E-state index contributed by atoms with van der Waals surface area (Å²) in [6, 6.07) is 3.19. The Morgan fingerprint density at radius 3 is 2.70 bits per heavy atom. The number of nitro benzene ring substituents is 1. The number of nitro groups is 1. The summed E-state index contributed by atoms with van der Waals surface area (Å²) in [5.41, 5.74) is 5.45. The Hall–Kier alpha value is -2.35. The first kappa shape index (κ1) is 14.1. The standard InChI is InChI=1S/C12H14FN5O2/c1-7(2)17-11(6-14)15-16-12(17)9-5-8(13)3-4-10(9)18(19)20/h3-5,7H,6,14H2,1-2H3. The molecule has 0 radical (unpaired) electrons. The van der Waals surface area contributed by atoms with Gasteiger partial charge in [-0.1, -0.05) is 0 Å². The normalized spacial score (nSPS) is 11.1. The fourth-order valence-electron chi connectivity index (χ4n) is 2.04. The van der Waals surface area contributed by atoms with Crippen LogP contribution < -0.4 is 5.73 Å². The minimum absolute atomic E-state index is 0.0542. The SMILES string of the molecule is CC(C)n1c(CN)nnc1-c1cc(F)ccc1[N+](=O)[O-]. The van der Waals surface area contributed by atoms with Gasteiger partial charge in [0.25, 0.3) is 5.69 Å². The lowest BCUT2D eigenvalue weighted by molar-refractivity contribution is -0.384. The summed E-state index contributed by atoms with van der Waals surface area (Å²) < 4.78 is 15.1. The van der Waals surface area contributed by atoms with Crippen LogP contribution in [0.2, 0.25) is 0 Å². The van der Waals surface area contributed by atoms with Crippen molar-refractivity contribution in [2.75, 3.05) is 0 Å². The van der Waals surface area contributed by atoms with Gasteiger partial charge in [0, 0.05) is 12.1 Å². The Kier molecular flexibility index (Phi) is 3.75. The van der Waals surface area contributed by atoms with Crippen molar-refractivity contribution in [1.82, 2.24) is 14.8 Å². The van der Waals surface area contributed by atoms with E-state index < -0.39 is 10.7 Å². The molecule has 0 atom stereocenters. The molecule has 0 amide bonds. The van der Waals surface area contributed by atoms with E-state index in [0.717, 1.165) is 18.2 Å². The first-order valence-electron chi connectivity index (χ1n) is 6.03. The summed E-state index contributed by atoms with van der Waals surface area (Å²) in [5.74, 6) is 0.165. The highest BCUT2D eigenvalue weighted by Crippen LogP contribution is 2.31. The molecule has 0 aliphatic rings. The molecule has 0 aliphatic heterocycles. The summed E-state index contributed by atoms with van der Waals surface area (Å²) in [5, 5.41) is 18.9. The van der Waals surface area contributed by atoms with Crippen molar-refractivity contribution in [2.45, 2.75) is 26.4 Å². The van der Waals surface area contributed by atoms with Gasteiger partial charge in [0.1, 0.15) is 11.6 Å². The second-order valence-corrected chi connectivity index (χ2v) is 4.53. The number of halogens is 1. The Labute approximate surface area is 114 Å². The largest absolute Gasteiger partial charge is 0.324 e. The quantitative estimate of drug-likeness (QED) is 0.681. The predicted octanol–water partition coefficient (Wildman–Crippen LogP) is 2.03. The van der Waals surface area contributed by atoms with Gasteiger partial charge < -0.3 is 10.3 Å². The summed E-state index contributed by atoms with van der Waals surface area (Å²) in [4.78, 5) is 10.5. The maximum absolute atomic E-state index is 13.4. The van der Waals surface area contributed by atoms with Gasteiger partial charge in [-0.15, -0.1) is 10.2 Å². The van der Waals surface area contributed by atoms with Gasteiger partial charge in [0.2, 0.25) is 0 Å². The molecule has 0 saturated heterocycles. The molecule has 0 aliphatic carbocycles. The van der Waals surface area contributed by atoms with E-state index in [1.54, 1.807) is 4.57 Å². The molecule has 1 heterocycles. The van der Waals surface area contributed by atoms with Crippen LogP contribution in [-0.2, 0) is 6.54 Å². The van der Waals surface area contributed by atoms with Crippen LogP contribution in [-0.4, -0.2) is 19.7 Å². The van der Waals surface area contributed by atoms with Crippen LogP contribution in [0.1, 0.15) is 25.7 Å². The Morgan fingerprint density at radius 2 is 2.15 bits per heavy atom. The van der Waals surface area contributed by atoms with E-state index in [2.05, 4.69) is 10.2 Å². The minimum atomic E-state index is -0.573. The fraction of sp³-hybridized carbons (Fsp3) is 0.333. The molecule has 0 fully saturated rings. The lowest BCUT2D eigenvalue weighted by Crippen LogP contribution is -2.12. The average molecular weight is 279 g/mol. The van der Waals surface area contributed by atoms with E-state index in [9.17, 15) is 14.5 Å². The number of nitrogens with two attached hydrogens (primary N) is 1. The van der Waals surface area contributed by atoms with Gasteiger partial charge in [-0.2, -0.15) is 0 Å². The first-order chi connectivity index (χ1) is 9.45.